The Morgan fingerprint density at radius 1 is 1.12 bits per heavy atom. The molecule has 170 valence electrons. The fourth-order valence-electron chi connectivity index (χ4n) is 3.73. The molecule has 0 bridgehead atoms. The van der Waals surface area contributed by atoms with Crippen LogP contribution in [0.5, 0.6) is 0 Å². The molecule has 10 heteroatoms. The molecule has 0 unspecified atom stereocenters. The van der Waals surface area contributed by atoms with Gasteiger partial charge in [-0.3, -0.25) is 15.0 Å². The van der Waals surface area contributed by atoms with Crippen LogP contribution in [-0.4, -0.2) is 32.3 Å². The second-order valence-electron chi connectivity index (χ2n) is 7.49. The minimum Gasteiger partial charge on any atom is -0.378 e. The maximum Gasteiger partial charge on any atom is 0.280 e. The number of carbonyl (C=O) groups is 1. The zero-order valence-corrected chi connectivity index (χ0v) is 18.6. The van der Waals surface area contributed by atoms with Gasteiger partial charge in [-0.15, -0.1) is 0 Å². The van der Waals surface area contributed by atoms with Crippen molar-refractivity contribution in [1.82, 2.24) is 19.3 Å². The third kappa shape index (κ3) is 3.81. The first kappa shape index (κ1) is 21.7. The summed E-state index contributed by atoms with van der Waals surface area (Å²) in [6.45, 7) is 0.200. The van der Waals surface area contributed by atoms with Gasteiger partial charge in [-0.1, -0.05) is 23.7 Å². The third-order valence-electron chi connectivity index (χ3n) is 5.33. The van der Waals surface area contributed by atoms with E-state index in [2.05, 4.69) is 15.5 Å². The Labute approximate surface area is 197 Å². The maximum absolute atomic E-state index is 13.5. The number of rotatable bonds is 5. The van der Waals surface area contributed by atoms with E-state index in [9.17, 15) is 14.0 Å². The molecule has 1 N–H and O–H groups in total. The van der Waals surface area contributed by atoms with Gasteiger partial charge in [0.15, 0.2) is 5.65 Å². The van der Waals surface area contributed by atoms with Gasteiger partial charge in [0, 0.05) is 30.1 Å². The number of halogens is 2. The van der Waals surface area contributed by atoms with Crippen molar-refractivity contribution < 1.29 is 13.9 Å². The predicted molar refractivity (Wildman–Crippen MR) is 126 cm³/mol. The first-order chi connectivity index (χ1) is 16.5. The van der Waals surface area contributed by atoms with Crippen molar-refractivity contribution in [2.45, 2.75) is 6.61 Å². The van der Waals surface area contributed by atoms with Crippen LogP contribution in [0, 0.1) is 5.82 Å². The molecule has 0 fully saturated rings. The molecule has 0 aliphatic rings. The fourth-order valence-corrected chi connectivity index (χ4v) is 3.85. The molecule has 5 rings (SSSR count). The highest BCUT2D eigenvalue weighted by Gasteiger charge is 2.19. The largest absolute Gasteiger partial charge is 0.378 e. The van der Waals surface area contributed by atoms with E-state index in [4.69, 9.17) is 16.3 Å². The van der Waals surface area contributed by atoms with Gasteiger partial charge < -0.3 is 4.74 Å². The van der Waals surface area contributed by atoms with Crippen LogP contribution in [0.3, 0.4) is 0 Å². The van der Waals surface area contributed by atoms with Crippen molar-refractivity contribution in [2.75, 3.05) is 12.5 Å². The first-order valence-corrected chi connectivity index (χ1v) is 10.6. The van der Waals surface area contributed by atoms with E-state index in [0.717, 1.165) is 10.2 Å². The van der Waals surface area contributed by atoms with E-state index in [1.54, 1.807) is 54.1 Å². The standard InChI is InChI=1S/C24H17ClFN5O3/c1-34-13-19-21(14-4-8-17(26)9-5-14)22-27-12-18-20(31(22)28-19)10-11-30(24(18)33)29-23(32)15-2-6-16(25)7-3-15/h2-12H,13H2,1H3,(H,29,32). The van der Waals surface area contributed by atoms with Gasteiger partial charge in [0.1, 0.15) is 5.82 Å². The molecule has 0 saturated heterocycles. The minimum atomic E-state index is -0.471. The van der Waals surface area contributed by atoms with Crippen LogP contribution in [0.15, 0.2) is 71.8 Å². The molecule has 5 aromatic rings. The Morgan fingerprint density at radius 2 is 1.85 bits per heavy atom. The molecule has 0 aliphatic carbocycles. The Balaban J connectivity index is 1.61. The van der Waals surface area contributed by atoms with Crippen molar-refractivity contribution >= 4 is 34.1 Å². The van der Waals surface area contributed by atoms with Crippen molar-refractivity contribution in [2.24, 2.45) is 0 Å². The Kier molecular flexibility index (Phi) is 5.56. The number of amides is 1. The summed E-state index contributed by atoms with van der Waals surface area (Å²) >= 11 is 5.87. The number of hydrogen-bond acceptors (Lipinski definition) is 5. The number of ether oxygens (including phenoxy) is 1. The van der Waals surface area contributed by atoms with E-state index in [1.165, 1.54) is 24.5 Å². The molecular weight excluding hydrogens is 461 g/mol. The smallest absolute Gasteiger partial charge is 0.280 e. The van der Waals surface area contributed by atoms with Gasteiger partial charge in [0.05, 0.1) is 28.8 Å². The number of pyridine rings is 1. The summed E-state index contributed by atoms with van der Waals surface area (Å²) in [5.74, 6) is -0.819. The lowest BCUT2D eigenvalue weighted by Gasteiger charge is -2.10. The lowest BCUT2D eigenvalue weighted by molar-refractivity contribution is 0.101. The summed E-state index contributed by atoms with van der Waals surface area (Å²) in [4.78, 5) is 30.1. The molecule has 3 aromatic heterocycles. The van der Waals surface area contributed by atoms with Crippen molar-refractivity contribution in [3.05, 3.63) is 99.4 Å². The average molecular weight is 478 g/mol. The second kappa shape index (κ2) is 8.69. The summed E-state index contributed by atoms with van der Waals surface area (Å²) < 4.78 is 21.4. The summed E-state index contributed by atoms with van der Waals surface area (Å²) in [6, 6.07) is 14.0. The quantitative estimate of drug-likeness (QED) is 0.412. The zero-order valence-electron chi connectivity index (χ0n) is 17.8. The number of nitrogens with zero attached hydrogens (tertiary/aromatic N) is 4. The number of hydrogen-bond donors (Lipinski definition) is 1. The monoisotopic (exact) mass is 477 g/mol. The van der Waals surface area contributed by atoms with E-state index in [0.29, 0.717) is 33.0 Å². The van der Waals surface area contributed by atoms with E-state index in [-0.39, 0.29) is 17.8 Å². The lowest BCUT2D eigenvalue weighted by Crippen LogP contribution is -2.32. The van der Waals surface area contributed by atoms with E-state index < -0.39 is 11.5 Å². The Morgan fingerprint density at radius 3 is 2.56 bits per heavy atom. The van der Waals surface area contributed by atoms with Crippen LogP contribution >= 0.6 is 11.6 Å². The molecular formula is C24H17ClFN5O3. The van der Waals surface area contributed by atoms with Crippen LogP contribution in [-0.2, 0) is 11.3 Å². The highest BCUT2D eigenvalue weighted by Crippen LogP contribution is 2.29. The third-order valence-corrected chi connectivity index (χ3v) is 5.58. The van der Waals surface area contributed by atoms with Crippen molar-refractivity contribution in [3.63, 3.8) is 0 Å². The van der Waals surface area contributed by atoms with Gasteiger partial charge >= 0.3 is 0 Å². The Bertz CT molecular complexity index is 1590. The molecule has 1 amide bonds. The number of nitrogens with one attached hydrogen (secondary N) is 1. The van der Waals surface area contributed by atoms with Gasteiger partial charge in [-0.2, -0.15) is 5.10 Å². The predicted octanol–water partition coefficient (Wildman–Crippen LogP) is 4.03. The summed E-state index contributed by atoms with van der Waals surface area (Å²) in [7, 11) is 1.55. The highest BCUT2D eigenvalue weighted by atomic mass is 35.5. The second-order valence-corrected chi connectivity index (χ2v) is 7.93. The molecule has 0 saturated carbocycles. The SMILES string of the molecule is COCc1nn2c(ncc3c(=O)n(NC(=O)c4ccc(Cl)cc4)ccc32)c1-c1ccc(F)cc1. The van der Waals surface area contributed by atoms with E-state index in [1.807, 2.05) is 0 Å². The highest BCUT2D eigenvalue weighted by molar-refractivity contribution is 6.30. The van der Waals surface area contributed by atoms with Crippen LogP contribution < -0.4 is 11.0 Å². The minimum absolute atomic E-state index is 0.200. The molecule has 0 spiro atoms. The molecule has 34 heavy (non-hydrogen) atoms. The number of methoxy groups -OCH3 is 1. The topological polar surface area (TPSA) is 90.5 Å². The zero-order chi connectivity index (χ0) is 23.8. The van der Waals surface area contributed by atoms with Crippen LogP contribution in [0.2, 0.25) is 5.02 Å². The number of aromatic nitrogens is 4. The van der Waals surface area contributed by atoms with E-state index >= 15 is 0 Å². The molecule has 0 aliphatic heterocycles. The van der Waals surface area contributed by atoms with Gasteiger partial charge in [0.25, 0.3) is 11.5 Å². The molecule has 8 nitrogen and oxygen atoms in total. The molecule has 3 heterocycles. The maximum atomic E-state index is 13.5. The van der Waals surface area contributed by atoms with Crippen LogP contribution in [0.1, 0.15) is 16.1 Å². The van der Waals surface area contributed by atoms with Crippen molar-refractivity contribution in [3.8, 4) is 11.1 Å². The first-order valence-electron chi connectivity index (χ1n) is 10.2. The number of benzene rings is 2. The number of carbonyl (C=O) groups excluding carboxylic acids is 1. The molecule has 0 radical (unpaired) electrons. The van der Waals surface area contributed by atoms with Gasteiger partial charge in [-0.05, 0) is 48.0 Å². The summed E-state index contributed by atoms with van der Waals surface area (Å²) in [5, 5.41) is 5.36. The van der Waals surface area contributed by atoms with Crippen molar-refractivity contribution in [1.29, 1.82) is 0 Å². The van der Waals surface area contributed by atoms with Crippen LogP contribution in [0.25, 0.3) is 27.7 Å². The van der Waals surface area contributed by atoms with Crippen LogP contribution in [0.4, 0.5) is 4.39 Å². The van der Waals surface area contributed by atoms with Gasteiger partial charge in [0.2, 0.25) is 0 Å². The summed E-state index contributed by atoms with van der Waals surface area (Å²) in [6.07, 6.45) is 2.89. The Hall–Kier alpha value is -4.08. The fraction of sp³-hybridized carbons (Fsp3) is 0.0833. The lowest BCUT2D eigenvalue weighted by atomic mass is 10.1. The number of fused-ring (bicyclic) bond motifs is 3. The van der Waals surface area contributed by atoms with Gasteiger partial charge in [-0.25, -0.2) is 18.6 Å². The normalized spacial score (nSPS) is 11.3. The molecule has 0 atom stereocenters. The average Bonchev–Trinajstić information content (AvgIpc) is 3.20. The molecule has 2 aromatic carbocycles. The summed E-state index contributed by atoms with van der Waals surface area (Å²) in [5.41, 5.74) is 5.43.